The van der Waals surface area contributed by atoms with Crippen molar-refractivity contribution in [2.45, 2.75) is 25.1 Å². The van der Waals surface area contributed by atoms with Crippen LogP contribution in [-0.4, -0.2) is 19.8 Å². The van der Waals surface area contributed by atoms with E-state index in [1.54, 1.807) is 0 Å². The summed E-state index contributed by atoms with van der Waals surface area (Å²) in [4.78, 5) is 0. The number of hydrogen-bond acceptors (Lipinski definition) is 0. The van der Waals surface area contributed by atoms with Gasteiger partial charge in [0.2, 0.25) is 0 Å². The Labute approximate surface area is 45.6 Å². The number of hydrogen-bond donors (Lipinski definition) is 0. The quantitative estimate of drug-likeness (QED) is 0.438. The van der Waals surface area contributed by atoms with E-state index in [1.165, 1.54) is 21.5 Å². The summed E-state index contributed by atoms with van der Waals surface area (Å²) in [5.74, 6) is 0. The lowest BCUT2D eigenvalue weighted by atomic mass is 10.9. The van der Waals surface area contributed by atoms with Crippen LogP contribution in [0.2, 0.25) is 11.2 Å². The Morgan fingerprint density at radius 3 is 2.33 bits per heavy atom. The zero-order valence-corrected chi connectivity index (χ0v) is 8.41. The zero-order chi connectivity index (χ0) is 4.99. The molecule has 0 aliphatic carbocycles. The van der Waals surface area contributed by atoms with Crippen LogP contribution in [0.4, 0.5) is 0 Å². The van der Waals surface area contributed by atoms with Gasteiger partial charge in [0.05, 0.1) is 0 Å². The minimum absolute atomic E-state index is 0.418. The van der Waals surface area contributed by atoms with Gasteiger partial charge in [0.25, 0.3) is 0 Å². The lowest BCUT2D eigenvalue weighted by Crippen LogP contribution is -1.94. The van der Waals surface area contributed by atoms with E-state index in [1.807, 2.05) is 0 Å². The molecule has 0 saturated heterocycles. The van der Waals surface area contributed by atoms with Gasteiger partial charge >= 0.3 is 0 Å². The molecule has 38 valence electrons. The van der Waals surface area contributed by atoms with Gasteiger partial charge in [-0.2, -0.15) is 0 Å². The van der Waals surface area contributed by atoms with E-state index in [0.717, 1.165) is 0 Å². The molecule has 0 heterocycles. The molecule has 0 rings (SSSR count). The molecule has 0 spiro atoms. The van der Waals surface area contributed by atoms with Crippen molar-refractivity contribution in [3.8, 4) is 0 Å². The highest BCUT2D eigenvalue weighted by Crippen LogP contribution is 1.92. The van der Waals surface area contributed by atoms with Crippen molar-refractivity contribution in [2.24, 2.45) is 0 Å². The van der Waals surface area contributed by atoms with Crippen molar-refractivity contribution in [1.82, 2.24) is 0 Å². The van der Waals surface area contributed by atoms with Crippen LogP contribution in [0.3, 0.4) is 0 Å². The van der Waals surface area contributed by atoms with Gasteiger partial charge in [0.1, 0.15) is 0 Å². The average molecular weight is 118 g/mol. The molecule has 0 radical (unpaired) electrons. The van der Waals surface area contributed by atoms with Gasteiger partial charge in [0.15, 0.2) is 0 Å². The normalized spacial score (nSPS) is 17.0. The Hall–Kier alpha value is 0.434. The van der Waals surface area contributed by atoms with Gasteiger partial charge in [-0.15, -0.1) is 0 Å². The minimum Gasteiger partial charge on any atom is -0.0686 e. The van der Waals surface area contributed by atoms with Crippen LogP contribution in [-0.2, 0) is 0 Å². The van der Waals surface area contributed by atoms with Crippen molar-refractivity contribution >= 4 is 19.8 Å². The molecule has 0 aromatic heterocycles. The second-order valence-electron chi connectivity index (χ2n) is 2.18. The molecule has 1 atom stereocenters. The van der Waals surface area contributed by atoms with Crippen LogP contribution in [0, 0.1) is 0 Å². The molecule has 0 bridgehead atoms. The van der Waals surface area contributed by atoms with Gasteiger partial charge in [0, 0.05) is 19.8 Å². The zero-order valence-electron chi connectivity index (χ0n) is 4.99. The molecule has 0 nitrogen and oxygen atoms in total. The maximum Gasteiger partial charge on any atom is 0.0189 e. The Balaban J connectivity index is 2.63. The highest BCUT2D eigenvalue weighted by molar-refractivity contribution is 6.49. The predicted octanol–water partition coefficient (Wildman–Crippen LogP) is -0.275. The second-order valence-corrected chi connectivity index (χ2v) is 9.00. The van der Waals surface area contributed by atoms with E-state index in [9.17, 15) is 0 Å². The highest BCUT2D eigenvalue weighted by atomic mass is 28.2. The molecule has 0 aliphatic rings. The van der Waals surface area contributed by atoms with Crippen molar-refractivity contribution in [3.05, 3.63) is 0 Å². The summed E-state index contributed by atoms with van der Waals surface area (Å²) in [5, 5.41) is 1.18. The first-order valence-electron chi connectivity index (χ1n) is 2.77. The maximum atomic E-state index is 2.38. The van der Waals surface area contributed by atoms with Crippen LogP contribution < -0.4 is 0 Å². The van der Waals surface area contributed by atoms with E-state index >= 15 is 0 Å². The summed E-state index contributed by atoms with van der Waals surface area (Å²) in [6.07, 6.45) is 0. The third-order valence-corrected chi connectivity index (χ3v) is 4.33. The van der Waals surface area contributed by atoms with Crippen LogP contribution in [0.25, 0.3) is 0 Å². The van der Waals surface area contributed by atoms with Gasteiger partial charge < -0.3 is 0 Å². The summed E-state index contributed by atoms with van der Waals surface area (Å²) < 4.78 is 0. The fraction of sp³-hybridized carbons (Fsp3) is 1.00. The van der Waals surface area contributed by atoms with Gasteiger partial charge in [-0.3, -0.25) is 0 Å². The third kappa shape index (κ3) is 4.43. The molecular formula is C4H14Si2. The van der Waals surface area contributed by atoms with E-state index in [4.69, 9.17) is 0 Å². The molecule has 6 heavy (non-hydrogen) atoms. The van der Waals surface area contributed by atoms with Gasteiger partial charge in [-0.05, 0) is 0 Å². The molecule has 1 unspecified atom stereocenters. The Kier molecular flexibility index (Phi) is 3.88. The van der Waals surface area contributed by atoms with E-state index in [0.29, 0.717) is 9.52 Å². The van der Waals surface area contributed by atoms with Crippen LogP contribution in [0.15, 0.2) is 0 Å². The molecule has 0 aromatic carbocycles. The molecule has 0 amide bonds. The summed E-state index contributed by atoms with van der Waals surface area (Å²) >= 11 is 0. The van der Waals surface area contributed by atoms with Crippen LogP contribution >= 0.6 is 0 Å². The smallest absolute Gasteiger partial charge is 0.0189 e. The maximum absolute atomic E-state index is 2.38. The highest BCUT2D eigenvalue weighted by Gasteiger charge is 1.87. The molecule has 0 saturated carbocycles. The summed E-state index contributed by atoms with van der Waals surface area (Å²) in [6.45, 7) is 4.68. The molecule has 0 aromatic rings. The SMILES string of the molecule is CC[SiH2]C(C)[SiH3]. The second kappa shape index (κ2) is 3.62. The Morgan fingerprint density at radius 1 is 1.83 bits per heavy atom. The summed E-state index contributed by atoms with van der Waals surface area (Å²) in [6, 6.07) is 1.50. The van der Waals surface area contributed by atoms with Crippen molar-refractivity contribution in [2.75, 3.05) is 0 Å². The van der Waals surface area contributed by atoms with Crippen molar-refractivity contribution in [3.63, 3.8) is 0 Å². The lowest BCUT2D eigenvalue weighted by molar-refractivity contribution is 1.29. The molecule has 0 fully saturated rings. The van der Waals surface area contributed by atoms with Crippen LogP contribution in [0.5, 0.6) is 0 Å². The first-order chi connectivity index (χ1) is 2.77. The van der Waals surface area contributed by atoms with Gasteiger partial charge in [-0.1, -0.05) is 25.1 Å². The Morgan fingerprint density at radius 2 is 2.33 bits per heavy atom. The summed E-state index contributed by atoms with van der Waals surface area (Å²) in [5.41, 5.74) is 0. The summed E-state index contributed by atoms with van der Waals surface area (Å²) in [7, 11) is 1.86. The first-order valence-corrected chi connectivity index (χ1v) is 5.74. The lowest BCUT2D eigenvalue weighted by Gasteiger charge is -1.94. The third-order valence-electron chi connectivity index (χ3n) is 0.866. The molecule has 0 aliphatic heterocycles. The fourth-order valence-corrected chi connectivity index (χ4v) is 3.46. The average Bonchev–Trinajstić information content (AvgIpc) is 1.35. The van der Waals surface area contributed by atoms with E-state index in [2.05, 4.69) is 13.8 Å². The first kappa shape index (κ1) is 6.43. The predicted molar refractivity (Wildman–Crippen MR) is 38.4 cm³/mol. The Bertz CT molecular complexity index is 26.7. The van der Waals surface area contributed by atoms with Gasteiger partial charge in [-0.25, -0.2) is 0 Å². The number of rotatable bonds is 2. The van der Waals surface area contributed by atoms with Crippen LogP contribution in [0.1, 0.15) is 13.8 Å². The molecular weight excluding hydrogens is 104 g/mol. The monoisotopic (exact) mass is 118 g/mol. The topological polar surface area (TPSA) is 0 Å². The molecule has 0 N–H and O–H groups in total. The largest absolute Gasteiger partial charge is 0.0686 e. The van der Waals surface area contributed by atoms with Crippen molar-refractivity contribution in [1.29, 1.82) is 0 Å². The van der Waals surface area contributed by atoms with Crippen molar-refractivity contribution < 1.29 is 0 Å². The minimum atomic E-state index is 0.418. The fourth-order valence-electron chi connectivity index (χ4n) is 0.577. The molecule has 2 heteroatoms. The van der Waals surface area contributed by atoms with E-state index in [-0.39, 0.29) is 0 Å². The van der Waals surface area contributed by atoms with E-state index < -0.39 is 0 Å². The standard InChI is InChI=1S/C4H14Si2/c1-3-6-4(2)5/h4H,3,6H2,1-2,5H3.